The van der Waals surface area contributed by atoms with E-state index in [-0.39, 0.29) is 11.5 Å². The molecule has 8 nitrogen and oxygen atoms in total. The van der Waals surface area contributed by atoms with E-state index in [0.29, 0.717) is 0 Å². The summed E-state index contributed by atoms with van der Waals surface area (Å²) >= 11 is 0.973. The summed E-state index contributed by atoms with van der Waals surface area (Å²) in [6.45, 7) is 0. The molecular weight excluding hydrogens is 280 g/mol. The zero-order valence-electron chi connectivity index (χ0n) is 9.40. The molecule has 0 aromatic heterocycles. The lowest BCUT2D eigenvalue weighted by atomic mass is 10.2. The van der Waals surface area contributed by atoms with Gasteiger partial charge in [0.2, 0.25) is 0 Å². The van der Waals surface area contributed by atoms with E-state index in [0.717, 1.165) is 23.9 Å². The first kappa shape index (κ1) is 16.7. The quantitative estimate of drug-likeness (QED) is 0.208. The molecular formula is C10H10O8S. The van der Waals surface area contributed by atoms with E-state index < -0.39 is 35.0 Å². The maximum atomic E-state index is 10.5. The van der Waals surface area contributed by atoms with Gasteiger partial charge >= 0.3 is 23.9 Å². The van der Waals surface area contributed by atoms with Crippen LogP contribution < -0.4 is 0 Å². The number of carboxylic acids is 4. The van der Waals surface area contributed by atoms with Crippen molar-refractivity contribution in [3.8, 4) is 0 Å². The Bertz CT molecular complexity index is 388. The number of thioether (sulfide) groups is 1. The fraction of sp³-hybridized carbons (Fsp3) is 0.200. The van der Waals surface area contributed by atoms with Gasteiger partial charge in [-0.1, -0.05) is 12.2 Å². The minimum Gasteiger partial charge on any atom is -0.477 e. The van der Waals surface area contributed by atoms with Gasteiger partial charge in [0.15, 0.2) is 0 Å². The third-order valence-corrected chi connectivity index (χ3v) is 2.54. The van der Waals surface area contributed by atoms with E-state index >= 15 is 0 Å². The molecule has 0 unspecified atom stereocenters. The lowest BCUT2D eigenvalue weighted by Gasteiger charge is -1.97. The van der Waals surface area contributed by atoms with Crippen LogP contribution in [0.25, 0.3) is 0 Å². The summed E-state index contributed by atoms with van der Waals surface area (Å²) in [4.78, 5) is 41.9. The SMILES string of the molecule is O=C(O)C(=CCSCC=C(C(=O)O)C(=O)O)C(=O)O. The molecule has 0 aromatic rings. The van der Waals surface area contributed by atoms with E-state index in [2.05, 4.69) is 0 Å². The summed E-state index contributed by atoms with van der Waals surface area (Å²) in [7, 11) is 0. The van der Waals surface area contributed by atoms with Gasteiger partial charge in [-0.3, -0.25) is 0 Å². The second-order valence-corrected chi connectivity index (χ2v) is 4.07. The molecule has 0 radical (unpaired) electrons. The molecule has 9 heteroatoms. The van der Waals surface area contributed by atoms with Crippen molar-refractivity contribution in [2.24, 2.45) is 0 Å². The van der Waals surface area contributed by atoms with Gasteiger partial charge in [0, 0.05) is 11.5 Å². The second kappa shape index (κ2) is 7.93. The fourth-order valence-corrected chi connectivity index (χ4v) is 1.59. The van der Waals surface area contributed by atoms with E-state index in [1.165, 1.54) is 0 Å². The zero-order valence-corrected chi connectivity index (χ0v) is 10.2. The first-order valence-corrected chi connectivity index (χ1v) is 5.84. The second-order valence-electron chi connectivity index (χ2n) is 2.99. The van der Waals surface area contributed by atoms with Crippen molar-refractivity contribution in [1.29, 1.82) is 0 Å². The molecule has 0 amide bonds. The van der Waals surface area contributed by atoms with E-state index in [1.807, 2.05) is 0 Å². The highest BCUT2D eigenvalue weighted by Crippen LogP contribution is 2.06. The Morgan fingerprint density at radius 2 is 0.947 bits per heavy atom. The standard InChI is InChI=1S/C10H10O8S/c11-7(12)5(8(13)14)1-3-19-4-2-6(9(15)16)10(17)18/h1-2H,3-4H2,(H,11,12)(H,13,14)(H,15,16)(H,17,18). The van der Waals surface area contributed by atoms with Crippen LogP contribution in [0.3, 0.4) is 0 Å². The van der Waals surface area contributed by atoms with Gasteiger partial charge in [0.05, 0.1) is 0 Å². The number of carboxylic acid groups (broad SMARTS) is 4. The Hall–Kier alpha value is -2.29. The van der Waals surface area contributed by atoms with Crippen LogP contribution in [0, 0.1) is 0 Å². The van der Waals surface area contributed by atoms with Gasteiger partial charge < -0.3 is 20.4 Å². The van der Waals surface area contributed by atoms with E-state index in [9.17, 15) is 19.2 Å². The third kappa shape index (κ3) is 6.27. The van der Waals surface area contributed by atoms with Crippen LogP contribution >= 0.6 is 11.8 Å². The molecule has 0 bridgehead atoms. The molecule has 104 valence electrons. The van der Waals surface area contributed by atoms with Crippen molar-refractivity contribution in [2.45, 2.75) is 0 Å². The van der Waals surface area contributed by atoms with Crippen LogP contribution in [0.2, 0.25) is 0 Å². The highest BCUT2D eigenvalue weighted by molar-refractivity contribution is 7.99. The summed E-state index contributed by atoms with van der Waals surface area (Å²) in [5, 5.41) is 34.0. The summed E-state index contributed by atoms with van der Waals surface area (Å²) in [5.41, 5.74) is -1.60. The Morgan fingerprint density at radius 1 is 0.684 bits per heavy atom. The normalized spacial score (nSPS) is 9.26. The number of hydrogen-bond donors (Lipinski definition) is 4. The summed E-state index contributed by atoms with van der Waals surface area (Å²) < 4.78 is 0. The molecule has 0 heterocycles. The van der Waals surface area contributed by atoms with Crippen LogP contribution in [0.4, 0.5) is 0 Å². The number of rotatable bonds is 8. The topological polar surface area (TPSA) is 149 Å². The summed E-state index contributed by atoms with van der Waals surface area (Å²) in [6.07, 6.45) is 1.90. The molecule has 0 fully saturated rings. The minimum atomic E-state index is -1.58. The van der Waals surface area contributed by atoms with Gasteiger partial charge in [0.1, 0.15) is 11.1 Å². The smallest absolute Gasteiger partial charge is 0.342 e. The van der Waals surface area contributed by atoms with Crippen molar-refractivity contribution in [2.75, 3.05) is 11.5 Å². The van der Waals surface area contributed by atoms with E-state index in [4.69, 9.17) is 20.4 Å². The fourth-order valence-electron chi connectivity index (χ4n) is 0.885. The molecule has 0 aliphatic heterocycles. The third-order valence-electron chi connectivity index (χ3n) is 1.73. The van der Waals surface area contributed by atoms with Crippen LogP contribution in [-0.4, -0.2) is 55.8 Å². The van der Waals surface area contributed by atoms with Crippen molar-refractivity contribution in [3.63, 3.8) is 0 Å². The van der Waals surface area contributed by atoms with Crippen molar-refractivity contribution < 1.29 is 39.6 Å². The zero-order chi connectivity index (χ0) is 15.0. The van der Waals surface area contributed by atoms with Crippen molar-refractivity contribution >= 4 is 35.6 Å². The summed E-state index contributed by atoms with van der Waals surface area (Å²) in [5.74, 6) is -6.34. The van der Waals surface area contributed by atoms with Crippen LogP contribution in [0.1, 0.15) is 0 Å². The Morgan fingerprint density at radius 3 is 1.16 bits per heavy atom. The molecule has 0 aliphatic rings. The first-order valence-electron chi connectivity index (χ1n) is 4.68. The molecule has 4 N–H and O–H groups in total. The monoisotopic (exact) mass is 290 g/mol. The van der Waals surface area contributed by atoms with E-state index in [1.54, 1.807) is 0 Å². The average Bonchev–Trinajstić information content (AvgIpc) is 2.25. The molecule has 0 saturated carbocycles. The predicted molar refractivity (Wildman–Crippen MR) is 64.0 cm³/mol. The molecule has 0 aliphatic carbocycles. The molecule has 19 heavy (non-hydrogen) atoms. The Kier molecular flexibility index (Phi) is 6.97. The molecule has 0 saturated heterocycles. The van der Waals surface area contributed by atoms with Gasteiger partial charge in [0.25, 0.3) is 0 Å². The van der Waals surface area contributed by atoms with Crippen LogP contribution in [0.5, 0.6) is 0 Å². The lowest BCUT2D eigenvalue weighted by molar-refractivity contribution is -0.142. The van der Waals surface area contributed by atoms with Gasteiger partial charge in [-0.25, -0.2) is 19.2 Å². The summed E-state index contributed by atoms with van der Waals surface area (Å²) in [6, 6.07) is 0. The lowest BCUT2D eigenvalue weighted by Crippen LogP contribution is -2.12. The maximum absolute atomic E-state index is 10.5. The number of hydrogen-bond acceptors (Lipinski definition) is 5. The molecule has 0 aromatic carbocycles. The minimum absolute atomic E-state index is 0.00302. The Labute approximate surface area is 111 Å². The van der Waals surface area contributed by atoms with Crippen LogP contribution in [0.15, 0.2) is 23.3 Å². The number of carbonyl (C=O) groups is 4. The van der Waals surface area contributed by atoms with Gasteiger partial charge in [-0.2, -0.15) is 11.8 Å². The predicted octanol–water partition coefficient (Wildman–Crippen LogP) is -0.0892. The van der Waals surface area contributed by atoms with Gasteiger partial charge in [-0.05, 0) is 0 Å². The van der Waals surface area contributed by atoms with Crippen molar-refractivity contribution in [3.05, 3.63) is 23.3 Å². The molecule has 0 rings (SSSR count). The van der Waals surface area contributed by atoms with Gasteiger partial charge in [-0.15, -0.1) is 0 Å². The largest absolute Gasteiger partial charge is 0.477 e. The molecule has 0 atom stereocenters. The maximum Gasteiger partial charge on any atom is 0.342 e. The highest BCUT2D eigenvalue weighted by Gasteiger charge is 2.16. The number of aliphatic carboxylic acids is 4. The first-order chi connectivity index (χ1) is 8.77. The van der Waals surface area contributed by atoms with Crippen molar-refractivity contribution in [1.82, 2.24) is 0 Å². The van der Waals surface area contributed by atoms with Crippen LogP contribution in [-0.2, 0) is 19.2 Å². The average molecular weight is 290 g/mol. The Balaban J connectivity index is 4.46. The highest BCUT2D eigenvalue weighted by atomic mass is 32.2. The molecule has 0 spiro atoms.